The molecule has 0 atom stereocenters. The Labute approximate surface area is 139 Å². The fourth-order valence-electron chi connectivity index (χ4n) is 2.57. The van der Waals surface area contributed by atoms with Crippen LogP contribution in [0, 0.1) is 0 Å². The molecule has 116 valence electrons. The van der Waals surface area contributed by atoms with Crippen LogP contribution in [0.3, 0.4) is 0 Å². The predicted molar refractivity (Wildman–Crippen MR) is 85.4 cm³/mol. The van der Waals surface area contributed by atoms with Crippen molar-refractivity contribution in [2.75, 3.05) is 13.1 Å². The van der Waals surface area contributed by atoms with Crippen LogP contribution in [0.4, 0.5) is 0 Å². The highest BCUT2D eigenvalue weighted by Crippen LogP contribution is 2.28. The maximum atomic E-state index is 12.4. The number of piperidine rings is 1. The lowest BCUT2D eigenvalue weighted by molar-refractivity contribution is 0.0691. The Balaban J connectivity index is 1.63. The van der Waals surface area contributed by atoms with Crippen LogP contribution < -0.4 is 0 Å². The number of carbonyl (C=O) groups excluding carboxylic acids is 1. The van der Waals surface area contributed by atoms with E-state index in [1.165, 1.54) is 17.5 Å². The quantitative estimate of drug-likeness (QED) is 0.883. The Hall–Kier alpha value is -1.67. The van der Waals surface area contributed by atoms with Crippen LogP contribution in [-0.2, 0) is 0 Å². The van der Waals surface area contributed by atoms with Crippen LogP contribution >= 0.6 is 27.3 Å². The molecule has 3 rings (SSSR count). The van der Waals surface area contributed by atoms with Crippen molar-refractivity contribution in [3.05, 3.63) is 38.8 Å². The zero-order valence-electron chi connectivity index (χ0n) is 11.6. The molecule has 3 heterocycles. The minimum Gasteiger partial charge on any atom is -0.478 e. The molecule has 1 aliphatic rings. The van der Waals surface area contributed by atoms with Gasteiger partial charge in [0.15, 0.2) is 0 Å². The van der Waals surface area contributed by atoms with E-state index in [1.807, 2.05) is 16.3 Å². The minimum atomic E-state index is -0.971. The number of amides is 1. The van der Waals surface area contributed by atoms with Gasteiger partial charge < -0.3 is 10.0 Å². The van der Waals surface area contributed by atoms with Crippen LogP contribution in [0.2, 0.25) is 0 Å². The number of hydrogen-bond donors (Lipinski definition) is 1. The van der Waals surface area contributed by atoms with Gasteiger partial charge in [0.25, 0.3) is 5.91 Å². The van der Waals surface area contributed by atoms with Gasteiger partial charge in [-0.2, -0.15) is 5.10 Å². The summed E-state index contributed by atoms with van der Waals surface area (Å²) in [6, 6.07) is 2.02. The molecule has 1 fully saturated rings. The summed E-state index contributed by atoms with van der Waals surface area (Å²) in [5.74, 6) is -0.923. The van der Waals surface area contributed by atoms with Crippen molar-refractivity contribution in [2.24, 2.45) is 0 Å². The maximum Gasteiger partial charge on any atom is 0.338 e. The molecule has 0 bridgehead atoms. The molecular weight excluding hydrogens is 370 g/mol. The summed E-state index contributed by atoms with van der Waals surface area (Å²) in [4.78, 5) is 25.9. The van der Waals surface area contributed by atoms with Crippen LogP contribution in [0.15, 0.2) is 28.3 Å². The zero-order valence-corrected chi connectivity index (χ0v) is 14.0. The summed E-state index contributed by atoms with van der Waals surface area (Å²) >= 11 is 4.83. The first-order valence-electron chi connectivity index (χ1n) is 6.86. The fraction of sp³-hybridized carbons (Fsp3) is 0.357. The zero-order chi connectivity index (χ0) is 15.7. The van der Waals surface area contributed by atoms with Gasteiger partial charge in [0.1, 0.15) is 4.88 Å². The highest BCUT2D eigenvalue weighted by Gasteiger charge is 2.26. The Morgan fingerprint density at radius 2 is 2.09 bits per heavy atom. The number of thiophene rings is 1. The molecule has 0 saturated carbocycles. The number of hydrogen-bond acceptors (Lipinski definition) is 4. The third-order valence-corrected chi connectivity index (χ3v) is 5.61. The van der Waals surface area contributed by atoms with E-state index in [9.17, 15) is 9.59 Å². The number of nitrogens with zero attached hydrogens (tertiary/aromatic N) is 3. The first kappa shape index (κ1) is 15.2. The lowest BCUT2D eigenvalue weighted by Gasteiger charge is -2.32. The molecule has 8 heteroatoms. The Morgan fingerprint density at radius 1 is 1.36 bits per heavy atom. The molecule has 1 saturated heterocycles. The van der Waals surface area contributed by atoms with Crippen LogP contribution in [0.25, 0.3) is 0 Å². The minimum absolute atomic E-state index is 0.0482. The summed E-state index contributed by atoms with van der Waals surface area (Å²) in [5.41, 5.74) is 0.195. The fourth-order valence-corrected chi connectivity index (χ4v) is 4.08. The van der Waals surface area contributed by atoms with Crippen LogP contribution in [0.1, 0.15) is 38.9 Å². The van der Waals surface area contributed by atoms with Crippen molar-refractivity contribution in [3.8, 4) is 0 Å². The van der Waals surface area contributed by atoms with E-state index < -0.39 is 5.97 Å². The topological polar surface area (TPSA) is 75.4 Å². The Morgan fingerprint density at radius 3 is 2.64 bits per heavy atom. The number of carboxylic acids is 1. The van der Waals surface area contributed by atoms with Crippen molar-refractivity contribution in [2.45, 2.75) is 18.9 Å². The molecule has 2 aromatic rings. The second-order valence-corrected chi connectivity index (χ2v) is 6.91. The second kappa shape index (κ2) is 6.21. The summed E-state index contributed by atoms with van der Waals surface area (Å²) in [6.07, 6.45) is 4.47. The number of likely N-dealkylation sites (tertiary alicyclic amines) is 1. The molecular formula is C14H14BrN3O3S. The molecule has 6 nitrogen and oxygen atoms in total. The van der Waals surface area contributed by atoms with Crippen LogP contribution in [-0.4, -0.2) is 44.8 Å². The van der Waals surface area contributed by atoms with Gasteiger partial charge in [0.05, 0.1) is 17.8 Å². The molecule has 22 heavy (non-hydrogen) atoms. The van der Waals surface area contributed by atoms with E-state index in [1.54, 1.807) is 10.9 Å². The van der Waals surface area contributed by atoms with Gasteiger partial charge >= 0.3 is 5.97 Å². The number of rotatable bonds is 3. The second-order valence-electron chi connectivity index (χ2n) is 5.14. The summed E-state index contributed by atoms with van der Waals surface area (Å²) < 4.78 is 2.54. The van der Waals surface area contributed by atoms with Crippen molar-refractivity contribution in [1.82, 2.24) is 14.7 Å². The van der Waals surface area contributed by atoms with Gasteiger partial charge in [0, 0.05) is 23.8 Å². The molecule has 1 N–H and O–H groups in total. The molecule has 1 aliphatic heterocycles. The third-order valence-electron chi connectivity index (χ3n) is 3.79. The maximum absolute atomic E-state index is 12.4. The molecule has 0 aliphatic carbocycles. The Bertz CT molecular complexity index is 704. The summed E-state index contributed by atoms with van der Waals surface area (Å²) in [6.45, 7) is 1.30. The number of carbonyl (C=O) groups is 2. The number of carboxylic acid groups (broad SMARTS) is 1. The molecule has 0 radical (unpaired) electrons. The van der Waals surface area contributed by atoms with E-state index in [0.717, 1.165) is 22.2 Å². The predicted octanol–water partition coefficient (Wildman–Crippen LogP) is 2.88. The number of aromatic carboxylic acids is 1. The van der Waals surface area contributed by atoms with E-state index in [0.29, 0.717) is 13.1 Å². The Kier molecular flexibility index (Phi) is 4.30. The first-order chi connectivity index (χ1) is 10.6. The van der Waals surface area contributed by atoms with E-state index in [4.69, 9.17) is 5.11 Å². The van der Waals surface area contributed by atoms with E-state index in [-0.39, 0.29) is 17.5 Å². The van der Waals surface area contributed by atoms with Crippen LogP contribution in [0.5, 0.6) is 0 Å². The summed E-state index contributed by atoms with van der Waals surface area (Å²) in [7, 11) is 0. The van der Waals surface area contributed by atoms with Gasteiger partial charge in [-0.05, 0) is 40.2 Å². The molecule has 0 unspecified atom stereocenters. The molecule has 2 aromatic heterocycles. The normalized spacial score (nSPS) is 16.0. The SMILES string of the molecule is O=C(O)c1cnn(C2CCN(C(=O)c3sccc3Br)CC2)c1. The largest absolute Gasteiger partial charge is 0.478 e. The van der Waals surface area contributed by atoms with Gasteiger partial charge in [0.2, 0.25) is 0 Å². The average Bonchev–Trinajstić information content (AvgIpc) is 3.15. The van der Waals surface area contributed by atoms with E-state index >= 15 is 0 Å². The molecule has 0 spiro atoms. The van der Waals surface area contributed by atoms with Gasteiger partial charge in [-0.3, -0.25) is 9.48 Å². The lowest BCUT2D eigenvalue weighted by Crippen LogP contribution is -2.39. The molecule has 1 amide bonds. The average molecular weight is 384 g/mol. The van der Waals surface area contributed by atoms with Gasteiger partial charge in [-0.25, -0.2) is 4.79 Å². The summed E-state index contributed by atoms with van der Waals surface area (Å²) in [5, 5.41) is 14.9. The highest BCUT2D eigenvalue weighted by atomic mass is 79.9. The van der Waals surface area contributed by atoms with Crippen molar-refractivity contribution in [1.29, 1.82) is 0 Å². The van der Waals surface area contributed by atoms with Gasteiger partial charge in [-0.1, -0.05) is 0 Å². The monoisotopic (exact) mass is 383 g/mol. The third kappa shape index (κ3) is 2.93. The number of aromatic nitrogens is 2. The van der Waals surface area contributed by atoms with Crippen molar-refractivity contribution >= 4 is 39.1 Å². The first-order valence-corrected chi connectivity index (χ1v) is 8.53. The van der Waals surface area contributed by atoms with E-state index in [2.05, 4.69) is 21.0 Å². The smallest absolute Gasteiger partial charge is 0.338 e. The molecule has 0 aromatic carbocycles. The highest BCUT2D eigenvalue weighted by molar-refractivity contribution is 9.10. The lowest BCUT2D eigenvalue weighted by atomic mass is 10.1. The number of halogens is 1. The standard InChI is InChI=1S/C14H14BrN3O3S/c15-11-3-6-22-12(11)13(19)17-4-1-10(2-5-17)18-8-9(7-16-18)14(20)21/h3,6-8,10H,1-2,4-5H2,(H,20,21). The van der Waals surface area contributed by atoms with Gasteiger partial charge in [-0.15, -0.1) is 11.3 Å². The van der Waals surface area contributed by atoms with Crippen molar-refractivity contribution < 1.29 is 14.7 Å². The van der Waals surface area contributed by atoms with Crippen molar-refractivity contribution in [3.63, 3.8) is 0 Å².